The molecule has 1 aliphatic rings. The highest BCUT2D eigenvalue weighted by Gasteiger charge is 2.21. The molecule has 3 rings (SSSR count). The fourth-order valence-corrected chi connectivity index (χ4v) is 2.81. The van der Waals surface area contributed by atoms with Crippen LogP contribution in [0.3, 0.4) is 0 Å². The van der Waals surface area contributed by atoms with Crippen LogP contribution in [0.4, 0.5) is 11.4 Å². The van der Waals surface area contributed by atoms with E-state index in [1.807, 2.05) is 6.07 Å². The number of nitrogens with zero attached hydrogens (tertiary/aromatic N) is 2. The molecule has 0 aromatic heterocycles. The lowest BCUT2D eigenvalue weighted by atomic mass is 10.1. The van der Waals surface area contributed by atoms with E-state index in [0.29, 0.717) is 0 Å². The van der Waals surface area contributed by atoms with Crippen molar-refractivity contribution in [2.24, 2.45) is 0 Å². The molecule has 0 fully saturated rings. The highest BCUT2D eigenvalue weighted by atomic mass is 16.6. The third-order valence-corrected chi connectivity index (χ3v) is 3.69. The topological polar surface area (TPSA) is 46.4 Å². The third kappa shape index (κ3) is 2.25. The minimum Gasteiger partial charge on any atom is -0.363 e. The van der Waals surface area contributed by atoms with E-state index >= 15 is 0 Å². The normalized spacial score (nSPS) is 13.4. The van der Waals surface area contributed by atoms with Crippen molar-refractivity contribution in [3.63, 3.8) is 0 Å². The number of non-ortho nitro benzene ring substituents is 1. The molecule has 4 nitrogen and oxygen atoms in total. The highest BCUT2D eigenvalue weighted by molar-refractivity contribution is 5.56. The van der Waals surface area contributed by atoms with E-state index in [1.165, 1.54) is 22.4 Å². The molecule has 0 atom stereocenters. The number of rotatable bonds is 2. The van der Waals surface area contributed by atoms with E-state index < -0.39 is 0 Å². The van der Waals surface area contributed by atoms with Gasteiger partial charge in [-0.1, -0.05) is 12.1 Å². The summed E-state index contributed by atoms with van der Waals surface area (Å²) in [6, 6.07) is 11.6. The third-order valence-electron chi connectivity index (χ3n) is 3.69. The van der Waals surface area contributed by atoms with Crippen LogP contribution in [-0.4, -0.2) is 4.92 Å². The molecule has 0 unspecified atom stereocenters. The van der Waals surface area contributed by atoms with Gasteiger partial charge in [-0.25, -0.2) is 0 Å². The fourth-order valence-electron chi connectivity index (χ4n) is 2.81. The average molecular weight is 268 g/mol. The van der Waals surface area contributed by atoms with Crippen LogP contribution in [0.5, 0.6) is 0 Å². The minimum absolute atomic E-state index is 0.172. The standard InChI is InChI=1S/C16H16N2O2/c1-11-5-12(2)7-16(6-11)17-9-13-3-4-15(18(19)20)8-14(13)10-17/h3-8H,9-10H2,1-2H3. The predicted octanol–water partition coefficient (Wildman–Crippen LogP) is 3.73. The maximum Gasteiger partial charge on any atom is 0.269 e. The largest absolute Gasteiger partial charge is 0.363 e. The van der Waals surface area contributed by atoms with Gasteiger partial charge in [0, 0.05) is 30.9 Å². The monoisotopic (exact) mass is 268 g/mol. The van der Waals surface area contributed by atoms with Gasteiger partial charge in [-0.3, -0.25) is 10.1 Å². The lowest BCUT2D eigenvalue weighted by Gasteiger charge is -2.19. The van der Waals surface area contributed by atoms with Crippen LogP contribution in [0.1, 0.15) is 22.3 Å². The SMILES string of the molecule is Cc1cc(C)cc(N2Cc3ccc([N+](=O)[O-])cc3C2)c1. The summed E-state index contributed by atoms with van der Waals surface area (Å²) in [4.78, 5) is 12.8. The Labute approximate surface area is 117 Å². The van der Waals surface area contributed by atoms with Gasteiger partial charge >= 0.3 is 0 Å². The number of benzene rings is 2. The van der Waals surface area contributed by atoms with Crippen molar-refractivity contribution >= 4 is 11.4 Å². The van der Waals surface area contributed by atoms with Crippen molar-refractivity contribution in [1.82, 2.24) is 0 Å². The maximum atomic E-state index is 10.8. The maximum absolute atomic E-state index is 10.8. The lowest BCUT2D eigenvalue weighted by molar-refractivity contribution is -0.384. The van der Waals surface area contributed by atoms with E-state index in [1.54, 1.807) is 12.1 Å². The van der Waals surface area contributed by atoms with E-state index in [4.69, 9.17) is 0 Å². The van der Waals surface area contributed by atoms with Crippen molar-refractivity contribution in [2.75, 3.05) is 4.90 Å². The summed E-state index contributed by atoms with van der Waals surface area (Å²) in [6.07, 6.45) is 0. The lowest BCUT2D eigenvalue weighted by Crippen LogP contribution is -2.14. The van der Waals surface area contributed by atoms with Crippen molar-refractivity contribution < 1.29 is 4.92 Å². The summed E-state index contributed by atoms with van der Waals surface area (Å²) < 4.78 is 0. The van der Waals surface area contributed by atoms with Gasteiger partial charge in [0.05, 0.1) is 4.92 Å². The number of fused-ring (bicyclic) bond motifs is 1. The zero-order valence-corrected chi connectivity index (χ0v) is 11.6. The molecule has 0 aliphatic carbocycles. The van der Waals surface area contributed by atoms with E-state index in [0.717, 1.165) is 18.7 Å². The Kier molecular flexibility index (Phi) is 2.93. The second-order valence-corrected chi connectivity index (χ2v) is 5.41. The van der Waals surface area contributed by atoms with Gasteiger partial charge in [0.2, 0.25) is 0 Å². The van der Waals surface area contributed by atoms with Crippen LogP contribution in [-0.2, 0) is 13.1 Å². The van der Waals surface area contributed by atoms with Gasteiger partial charge in [-0.15, -0.1) is 0 Å². The Morgan fingerprint density at radius 3 is 2.30 bits per heavy atom. The molecule has 20 heavy (non-hydrogen) atoms. The Balaban J connectivity index is 1.91. The van der Waals surface area contributed by atoms with Crippen LogP contribution >= 0.6 is 0 Å². The predicted molar refractivity (Wildman–Crippen MR) is 78.9 cm³/mol. The van der Waals surface area contributed by atoms with Crippen LogP contribution in [0.15, 0.2) is 36.4 Å². The van der Waals surface area contributed by atoms with E-state index in [2.05, 4.69) is 36.9 Å². The molecule has 0 radical (unpaired) electrons. The summed E-state index contributed by atoms with van der Waals surface area (Å²) in [7, 11) is 0. The van der Waals surface area contributed by atoms with E-state index in [9.17, 15) is 10.1 Å². The molecular weight excluding hydrogens is 252 g/mol. The number of nitro benzene ring substituents is 1. The number of hydrogen-bond donors (Lipinski definition) is 0. The summed E-state index contributed by atoms with van der Waals surface area (Å²) in [5.74, 6) is 0. The zero-order chi connectivity index (χ0) is 14.3. The molecular formula is C16H16N2O2. The highest BCUT2D eigenvalue weighted by Crippen LogP contribution is 2.31. The molecule has 0 amide bonds. The van der Waals surface area contributed by atoms with Crippen LogP contribution < -0.4 is 4.90 Å². The zero-order valence-electron chi connectivity index (χ0n) is 11.6. The van der Waals surface area contributed by atoms with Crippen LogP contribution in [0.2, 0.25) is 0 Å². The number of anilines is 1. The van der Waals surface area contributed by atoms with Crippen LogP contribution in [0.25, 0.3) is 0 Å². The Hall–Kier alpha value is -2.36. The number of nitro groups is 1. The fraction of sp³-hybridized carbons (Fsp3) is 0.250. The van der Waals surface area contributed by atoms with Crippen molar-refractivity contribution in [1.29, 1.82) is 0 Å². The Morgan fingerprint density at radius 2 is 1.65 bits per heavy atom. The average Bonchev–Trinajstić information content (AvgIpc) is 2.80. The first kappa shape index (κ1) is 12.7. The number of hydrogen-bond acceptors (Lipinski definition) is 3. The molecule has 4 heteroatoms. The molecule has 2 aromatic rings. The first-order chi connectivity index (χ1) is 9.52. The van der Waals surface area contributed by atoms with Gasteiger partial charge < -0.3 is 4.90 Å². The summed E-state index contributed by atoms with van der Waals surface area (Å²) in [6.45, 7) is 5.73. The number of aryl methyl sites for hydroxylation is 2. The molecule has 2 aromatic carbocycles. The molecule has 0 saturated heterocycles. The van der Waals surface area contributed by atoms with Gasteiger partial charge in [-0.2, -0.15) is 0 Å². The summed E-state index contributed by atoms with van der Waals surface area (Å²) in [5, 5.41) is 10.8. The quantitative estimate of drug-likeness (QED) is 0.616. The molecule has 0 saturated carbocycles. The molecule has 1 heterocycles. The van der Waals surface area contributed by atoms with Gasteiger partial charge in [0.1, 0.15) is 0 Å². The molecule has 0 bridgehead atoms. The van der Waals surface area contributed by atoms with Gasteiger partial charge in [0.15, 0.2) is 0 Å². The van der Waals surface area contributed by atoms with Crippen LogP contribution in [0, 0.1) is 24.0 Å². The molecule has 102 valence electrons. The van der Waals surface area contributed by atoms with Gasteiger partial charge in [-0.05, 0) is 48.2 Å². The van der Waals surface area contributed by atoms with Crippen molar-refractivity contribution in [3.05, 3.63) is 68.8 Å². The first-order valence-electron chi connectivity index (χ1n) is 6.62. The smallest absolute Gasteiger partial charge is 0.269 e. The molecule has 0 spiro atoms. The van der Waals surface area contributed by atoms with Crippen molar-refractivity contribution in [2.45, 2.75) is 26.9 Å². The summed E-state index contributed by atoms with van der Waals surface area (Å²) >= 11 is 0. The molecule has 1 aliphatic heterocycles. The van der Waals surface area contributed by atoms with Crippen molar-refractivity contribution in [3.8, 4) is 0 Å². The minimum atomic E-state index is -0.334. The Bertz CT molecular complexity index is 675. The Morgan fingerprint density at radius 1 is 1.00 bits per heavy atom. The second-order valence-electron chi connectivity index (χ2n) is 5.41. The van der Waals surface area contributed by atoms with E-state index in [-0.39, 0.29) is 10.6 Å². The summed E-state index contributed by atoms with van der Waals surface area (Å²) in [5.41, 5.74) is 6.06. The molecule has 0 N–H and O–H groups in total. The second kappa shape index (κ2) is 4.63. The van der Waals surface area contributed by atoms with Gasteiger partial charge in [0.25, 0.3) is 5.69 Å². The first-order valence-corrected chi connectivity index (χ1v) is 6.62.